The molecular formula is C11H22N2O4S. The number of amides is 2. The van der Waals surface area contributed by atoms with Gasteiger partial charge in [0.25, 0.3) is 0 Å². The number of urea groups is 1. The van der Waals surface area contributed by atoms with Crippen molar-refractivity contribution >= 4 is 22.8 Å². The van der Waals surface area contributed by atoms with Crippen molar-refractivity contribution in [3.8, 4) is 0 Å². The lowest BCUT2D eigenvalue weighted by Gasteiger charge is -2.18. The van der Waals surface area contributed by atoms with Crippen molar-refractivity contribution in [3.05, 3.63) is 0 Å². The summed E-state index contributed by atoms with van der Waals surface area (Å²) in [4.78, 5) is 22.3. The Morgan fingerprint density at radius 2 is 1.83 bits per heavy atom. The van der Waals surface area contributed by atoms with Crippen molar-refractivity contribution in [1.82, 2.24) is 10.6 Å². The molecule has 0 bridgehead atoms. The highest BCUT2D eigenvalue weighted by Gasteiger charge is 2.23. The predicted molar refractivity (Wildman–Crippen MR) is 70.9 cm³/mol. The first-order valence-electron chi connectivity index (χ1n) is 5.85. The number of carboxylic acids is 1. The average Bonchev–Trinajstić information content (AvgIpc) is 2.24. The molecule has 0 spiro atoms. The third-order valence-electron chi connectivity index (χ3n) is 2.62. The molecule has 3 N–H and O–H groups in total. The maximum absolute atomic E-state index is 11.5. The molecule has 2 amide bonds. The summed E-state index contributed by atoms with van der Waals surface area (Å²) < 4.78 is 11.1. The van der Waals surface area contributed by atoms with Gasteiger partial charge in [0, 0.05) is 28.9 Å². The van der Waals surface area contributed by atoms with E-state index in [1.54, 1.807) is 20.1 Å². The second-order valence-electron chi connectivity index (χ2n) is 4.56. The smallest absolute Gasteiger partial charge is 0.326 e. The van der Waals surface area contributed by atoms with Crippen LogP contribution < -0.4 is 10.6 Å². The second kappa shape index (κ2) is 8.07. The lowest BCUT2D eigenvalue weighted by Crippen LogP contribution is -2.49. The van der Waals surface area contributed by atoms with Crippen LogP contribution >= 0.6 is 0 Å². The number of aliphatic carboxylic acids is 1. The molecule has 0 aromatic carbocycles. The second-order valence-corrected chi connectivity index (χ2v) is 6.36. The fraction of sp³-hybridized carbons (Fsp3) is 0.818. The summed E-state index contributed by atoms with van der Waals surface area (Å²) in [6.45, 7) is 5.66. The minimum absolute atomic E-state index is 0.00525. The van der Waals surface area contributed by atoms with Gasteiger partial charge in [-0.15, -0.1) is 0 Å². The highest BCUT2D eigenvalue weighted by Crippen LogP contribution is 2.01. The summed E-state index contributed by atoms with van der Waals surface area (Å²) in [6, 6.07) is -1.41. The molecule has 7 heteroatoms. The van der Waals surface area contributed by atoms with Crippen molar-refractivity contribution in [2.45, 2.75) is 38.5 Å². The van der Waals surface area contributed by atoms with E-state index in [1.165, 1.54) is 0 Å². The Hall–Kier alpha value is -1.11. The Balaban J connectivity index is 4.04. The van der Waals surface area contributed by atoms with Gasteiger partial charge in [0.1, 0.15) is 6.04 Å². The normalized spacial score (nSPS) is 15.8. The number of hydrogen-bond donors (Lipinski definition) is 3. The third kappa shape index (κ3) is 6.58. The van der Waals surface area contributed by atoms with Gasteiger partial charge in [0.15, 0.2) is 0 Å². The maximum Gasteiger partial charge on any atom is 0.326 e. The standard InChI is InChI=1S/C11H22N2O4S/c1-7(2)9(10(14)15)13-11(16)12-6-5-8(3)18(4)17/h7-9H,5-6H2,1-4H3,(H,14,15)(H2,12,13,16)/t8?,9-,18?/m0/s1. The summed E-state index contributed by atoms with van der Waals surface area (Å²) in [7, 11) is -0.916. The van der Waals surface area contributed by atoms with Crippen LogP contribution in [0.2, 0.25) is 0 Å². The molecule has 0 saturated carbocycles. The molecular weight excluding hydrogens is 256 g/mol. The molecule has 0 aliphatic carbocycles. The van der Waals surface area contributed by atoms with Crippen molar-refractivity contribution in [2.24, 2.45) is 5.92 Å². The van der Waals surface area contributed by atoms with Crippen LogP contribution in [0.3, 0.4) is 0 Å². The van der Waals surface area contributed by atoms with E-state index in [-0.39, 0.29) is 11.2 Å². The molecule has 3 atom stereocenters. The summed E-state index contributed by atoms with van der Waals surface area (Å²) in [5.41, 5.74) is 0. The predicted octanol–water partition coefficient (Wildman–Crippen LogP) is 0.552. The first-order valence-corrected chi connectivity index (χ1v) is 7.47. The Labute approximate surface area is 110 Å². The van der Waals surface area contributed by atoms with E-state index in [9.17, 15) is 13.8 Å². The number of carboxylic acid groups (broad SMARTS) is 1. The van der Waals surface area contributed by atoms with Crippen LogP contribution in [0.25, 0.3) is 0 Å². The number of carbonyl (C=O) groups excluding carboxylic acids is 1. The molecule has 106 valence electrons. The van der Waals surface area contributed by atoms with Gasteiger partial charge in [-0.1, -0.05) is 20.8 Å². The minimum Gasteiger partial charge on any atom is -0.480 e. The van der Waals surface area contributed by atoms with Gasteiger partial charge in [-0.3, -0.25) is 4.21 Å². The van der Waals surface area contributed by atoms with E-state index >= 15 is 0 Å². The molecule has 0 saturated heterocycles. The molecule has 0 aromatic rings. The first kappa shape index (κ1) is 16.9. The molecule has 6 nitrogen and oxygen atoms in total. The molecule has 0 radical (unpaired) electrons. The van der Waals surface area contributed by atoms with Crippen LogP contribution in [-0.2, 0) is 15.6 Å². The zero-order valence-corrected chi connectivity index (χ0v) is 12.0. The van der Waals surface area contributed by atoms with E-state index in [4.69, 9.17) is 5.11 Å². The van der Waals surface area contributed by atoms with Gasteiger partial charge in [-0.25, -0.2) is 9.59 Å². The topological polar surface area (TPSA) is 95.5 Å². The summed E-state index contributed by atoms with van der Waals surface area (Å²) in [5, 5.41) is 13.9. The number of rotatable bonds is 7. The molecule has 2 unspecified atom stereocenters. The van der Waals surface area contributed by atoms with Gasteiger partial charge in [-0.2, -0.15) is 0 Å². The minimum atomic E-state index is -1.05. The zero-order chi connectivity index (χ0) is 14.3. The fourth-order valence-electron chi connectivity index (χ4n) is 1.26. The number of carbonyl (C=O) groups is 2. The van der Waals surface area contributed by atoms with Gasteiger partial charge < -0.3 is 15.7 Å². The highest BCUT2D eigenvalue weighted by atomic mass is 32.2. The lowest BCUT2D eigenvalue weighted by atomic mass is 10.1. The van der Waals surface area contributed by atoms with E-state index in [2.05, 4.69) is 10.6 Å². The monoisotopic (exact) mass is 278 g/mol. The van der Waals surface area contributed by atoms with Crippen LogP contribution in [0.4, 0.5) is 4.79 Å². The Kier molecular flexibility index (Phi) is 7.58. The van der Waals surface area contributed by atoms with Crippen LogP contribution in [0.1, 0.15) is 27.2 Å². The molecule has 0 fully saturated rings. The van der Waals surface area contributed by atoms with E-state index in [0.717, 1.165) is 0 Å². The van der Waals surface area contributed by atoms with Crippen molar-refractivity contribution in [2.75, 3.05) is 12.8 Å². The molecule has 0 aromatic heterocycles. The number of nitrogens with one attached hydrogen (secondary N) is 2. The van der Waals surface area contributed by atoms with Gasteiger partial charge >= 0.3 is 12.0 Å². The van der Waals surface area contributed by atoms with E-state index in [1.807, 2.05) is 6.92 Å². The fourth-order valence-corrected chi connectivity index (χ4v) is 1.71. The largest absolute Gasteiger partial charge is 0.480 e. The Morgan fingerprint density at radius 1 is 1.28 bits per heavy atom. The van der Waals surface area contributed by atoms with Crippen LogP contribution in [0.15, 0.2) is 0 Å². The van der Waals surface area contributed by atoms with Crippen LogP contribution in [0.5, 0.6) is 0 Å². The maximum atomic E-state index is 11.5. The van der Waals surface area contributed by atoms with Gasteiger partial charge in [0.2, 0.25) is 0 Å². The van der Waals surface area contributed by atoms with Crippen LogP contribution in [0, 0.1) is 5.92 Å². The van der Waals surface area contributed by atoms with Crippen molar-refractivity contribution in [3.63, 3.8) is 0 Å². The van der Waals surface area contributed by atoms with Gasteiger partial charge in [-0.05, 0) is 12.3 Å². The highest BCUT2D eigenvalue weighted by molar-refractivity contribution is 7.84. The molecule has 0 heterocycles. The van der Waals surface area contributed by atoms with Crippen LogP contribution in [-0.4, -0.2) is 45.4 Å². The molecule has 0 aliphatic heterocycles. The average molecular weight is 278 g/mol. The quantitative estimate of drug-likeness (QED) is 0.634. The Morgan fingerprint density at radius 3 is 2.22 bits per heavy atom. The molecule has 0 rings (SSSR count). The Bertz CT molecular complexity index is 320. The van der Waals surface area contributed by atoms with Crippen molar-refractivity contribution in [1.29, 1.82) is 0 Å². The molecule has 0 aliphatic rings. The summed E-state index contributed by atoms with van der Waals surface area (Å²) >= 11 is 0. The third-order valence-corrected chi connectivity index (χ3v) is 3.99. The summed E-state index contributed by atoms with van der Waals surface area (Å²) in [6.07, 6.45) is 2.21. The number of hydrogen-bond acceptors (Lipinski definition) is 3. The molecule has 18 heavy (non-hydrogen) atoms. The zero-order valence-electron chi connectivity index (χ0n) is 11.2. The SMILES string of the molecule is CC(C)[C@H](NC(=O)NCCC(C)S(C)=O)C(=O)O. The van der Waals surface area contributed by atoms with Crippen molar-refractivity contribution < 1.29 is 18.9 Å². The van der Waals surface area contributed by atoms with Gasteiger partial charge in [0.05, 0.1) is 0 Å². The first-order chi connectivity index (χ1) is 8.25. The lowest BCUT2D eigenvalue weighted by molar-refractivity contribution is -0.140. The van der Waals surface area contributed by atoms with E-state index < -0.39 is 28.8 Å². The summed E-state index contributed by atoms with van der Waals surface area (Å²) in [5.74, 6) is -1.24. The van der Waals surface area contributed by atoms with E-state index in [0.29, 0.717) is 13.0 Å².